The molecule has 1 rings (SSSR count). The molecular formula is C10H10F3NO2. The zero-order valence-electron chi connectivity index (χ0n) is 8.51. The number of aryl methyl sites for hydroxylation is 1. The van der Waals surface area contributed by atoms with Gasteiger partial charge in [0.05, 0.1) is 5.56 Å². The number of carboxylic acid groups (broad SMARTS) is 1. The highest BCUT2D eigenvalue weighted by Gasteiger charge is 2.33. The van der Waals surface area contributed by atoms with Gasteiger partial charge in [0.2, 0.25) is 0 Å². The fraction of sp³-hybridized carbons (Fsp3) is 0.400. The van der Waals surface area contributed by atoms with Crippen molar-refractivity contribution in [2.24, 2.45) is 0 Å². The fourth-order valence-corrected chi connectivity index (χ4v) is 1.32. The van der Waals surface area contributed by atoms with E-state index in [1.807, 2.05) is 0 Å². The van der Waals surface area contributed by atoms with E-state index < -0.39 is 17.8 Å². The Morgan fingerprint density at radius 3 is 2.56 bits per heavy atom. The number of hydrogen-bond donors (Lipinski definition) is 1. The van der Waals surface area contributed by atoms with Crippen LogP contribution >= 0.6 is 0 Å². The van der Waals surface area contributed by atoms with E-state index in [4.69, 9.17) is 5.11 Å². The Kier molecular flexibility index (Phi) is 3.51. The number of aromatic carboxylic acids is 1. The normalized spacial score (nSPS) is 11.5. The van der Waals surface area contributed by atoms with Crippen LogP contribution in [0.1, 0.15) is 35.0 Å². The summed E-state index contributed by atoms with van der Waals surface area (Å²) >= 11 is 0. The molecule has 0 unspecified atom stereocenters. The van der Waals surface area contributed by atoms with Crippen molar-refractivity contribution in [3.8, 4) is 0 Å². The van der Waals surface area contributed by atoms with Gasteiger partial charge in [-0.2, -0.15) is 13.2 Å². The Labute approximate surface area is 89.9 Å². The minimum absolute atomic E-state index is 0.164. The van der Waals surface area contributed by atoms with Crippen LogP contribution in [-0.4, -0.2) is 16.1 Å². The highest BCUT2D eigenvalue weighted by Crippen LogP contribution is 2.28. The average molecular weight is 233 g/mol. The van der Waals surface area contributed by atoms with Gasteiger partial charge in [-0.05, 0) is 18.1 Å². The van der Waals surface area contributed by atoms with E-state index in [0.717, 1.165) is 12.3 Å². The number of nitrogens with zero attached hydrogens (tertiary/aromatic N) is 1. The van der Waals surface area contributed by atoms with E-state index in [1.165, 1.54) is 0 Å². The maximum atomic E-state index is 12.3. The molecule has 1 heterocycles. The zero-order chi connectivity index (χ0) is 12.3. The average Bonchev–Trinajstić information content (AvgIpc) is 2.16. The molecule has 16 heavy (non-hydrogen) atoms. The summed E-state index contributed by atoms with van der Waals surface area (Å²) in [6.07, 6.45) is -2.93. The number of aromatic nitrogens is 1. The Hall–Kier alpha value is -1.59. The summed E-state index contributed by atoms with van der Waals surface area (Å²) in [6.45, 7) is 1.76. The second kappa shape index (κ2) is 4.51. The number of halogens is 3. The van der Waals surface area contributed by atoms with Crippen molar-refractivity contribution < 1.29 is 23.1 Å². The van der Waals surface area contributed by atoms with E-state index >= 15 is 0 Å². The van der Waals surface area contributed by atoms with Crippen molar-refractivity contribution in [2.75, 3.05) is 0 Å². The lowest BCUT2D eigenvalue weighted by molar-refractivity contribution is -0.141. The molecule has 1 aromatic heterocycles. The van der Waals surface area contributed by atoms with Crippen LogP contribution in [0.5, 0.6) is 0 Å². The van der Waals surface area contributed by atoms with Gasteiger partial charge >= 0.3 is 12.1 Å². The standard InChI is InChI=1S/C10H10F3NO2/c1-2-3-6-4-8(10(11,12)13)14-5-7(6)9(15)16/h4-5H,2-3H2,1H3,(H,15,16). The highest BCUT2D eigenvalue weighted by atomic mass is 19.4. The molecule has 0 aliphatic carbocycles. The summed E-state index contributed by atoms with van der Waals surface area (Å²) in [5, 5.41) is 8.76. The van der Waals surface area contributed by atoms with Gasteiger partial charge < -0.3 is 5.11 Å². The molecule has 0 aliphatic heterocycles. The minimum Gasteiger partial charge on any atom is -0.478 e. The van der Waals surface area contributed by atoms with Crippen LogP contribution in [0.25, 0.3) is 0 Å². The fourth-order valence-electron chi connectivity index (χ4n) is 1.32. The lowest BCUT2D eigenvalue weighted by Gasteiger charge is -2.09. The third-order valence-electron chi connectivity index (χ3n) is 2.03. The summed E-state index contributed by atoms with van der Waals surface area (Å²) in [5.41, 5.74) is -1.06. The molecule has 1 N–H and O–H groups in total. The van der Waals surface area contributed by atoms with Crippen molar-refractivity contribution in [2.45, 2.75) is 25.9 Å². The zero-order valence-corrected chi connectivity index (χ0v) is 8.51. The Morgan fingerprint density at radius 1 is 1.50 bits per heavy atom. The third kappa shape index (κ3) is 2.71. The van der Waals surface area contributed by atoms with E-state index in [1.54, 1.807) is 6.92 Å². The molecule has 3 nitrogen and oxygen atoms in total. The number of hydrogen-bond acceptors (Lipinski definition) is 2. The monoisotopic (exact) mass is 233 g/mol. The van der Waals surface area contributed by atoms with Gasteiger partial charge in [-0.3, -0.25) is 4.98 Å². The van der Waals surface area contributed by atoms with E-state index in [2.05, 4.69) is 4.98 Å². The van der Waals surface area contributed by atoms with Crippen molar-refractivity contribution >= 4 is 5.97 Å². The van der Waals surface area contributed by atoms with Crippen LogP contribution in [0, 0.1) is 0 Å². The molecule has 0 saturated carbocycles. The summed E-state index contributed by atoms with van der Waals surface area (Å²) in [6, 6.07) is 0.799. The van der Waals surface area contributed by atoms with Gasteiger partial charge in [-0.25, -0.2) is 4.79 Å². The molecule has 0 amide bonds. The molecule has 0 bridgehead atoms. The first kappa shape index (κ1) is 12.5. The first-order valence-electron chi connectivity index (χ1n) is 4.65. The van der Waals surface area contributed by atoms with Gasteiger partial charge in [-0.1, -0.05) is 13.3 Å². The second-order valence-electron chi connectivity index (χ2n) is 3.28. The molecule has 0 spiro atoms. The third-order valence-corrected chi connectivity index (χ3v) is 2.03. The summed E-state index contributed by atoms with van der Waals surface area (Å²) in [7, 11) is 0. The van der Waals surface area contributed by atoms with Crippen molar-refractivity contribution in [1.29, 1.82) is 0 Å². The van der Waals surface area contributed by atoms with Gasteiger partial charge in [0.25, 0.3) is 0 Å². The molecule has 6 heteroatoms. The molecule has 1 aromatic rings. The van der Waals surface area contributed by atoms with Crippen LogP contribution in [0.3, 0.4) is 0 Å². The predicted octanol–water partition coefficient (Wildman–Crippen LogP) is 2.75. The summed E-state index contributed by atoms with van der Waals surface area (Å²) < 4.78 is 37.0. The molecule has 0 radical (unpaired) electrons. The van der Waals surface area contributed by atoms with E-state index in [9.17, 15) is 18.0 Å². The van der Waals surface area contributed by atoms with Crippen molar-refractivity contribution in [3.63, 3.8) is 0 Å². The number of pyridine rings is 1. The van der Waals surface area contributed by atoms with Crippen LogP contribution in [0.2, 0.25) is 0 Å². The number of rotatable bonds is 3. The second-order valence-corrected chi connectivity index (χ2v) is 3.28. The molecule has 88 valence electrons. The van der Waals surface area contributed by atoms with Gasteiger partial charge in [0, 0.05) is 6.20 Å². The summed E-state index contributed by atoms with van der Waals surface area (Å²) in [4.78, 5) is 13.8. The first-order chi connectivity index (χ1) is 7.36. The molecular weight excluding hydrogens is 223 g/mol. The van der Waals surface area contributed by atoms with E-state index in [-0.39, 0.29) is 17.5 Å². The summed E-state index contributed by atoms with van der Waals surface area (Å²) in [5.74, 6) is -1.26. The van der Waals surface area contributed by atoms with Gasteiger partial charge in [-0.15, -0.1) is 0 Å². The predicted molar refractivity (Wildman–Crippen MR) is 50.2 cm³/mol. The molecule has 0 saturated heterocycles. The first-order valence-corrected chi connectivity index (χ1v) is 4.65. The van der Waals surface area contributed by atoms with Gasteiger partial charge in [0.1, 0.15) is 5.69 Å². The number of carbonyl (C=O) groups is 1. The maximum absolute atomic E-state index is 12.3. The minimum atomic E-state index is -4.54. The van der Waals surface area contributed by atoms with Gasteiger partial charge in [0.15, 0.2) is 0 Å². The molecule has 0 aliphatic rings. The van der Waals surface area contributed by atoms with E-state index in [0.29, 0.717) is 6.42 Å². The van der Waals surface area contributed by atoms with Crippen LogP contribution in [-0.2, 0) is 12.6 Å². The quantitative estimate of drug-likeness (QED) is 0.873. The van der Waals surface area contributed by atoms with Crippen molar-refractivity contribution in [3.05, 3.63) is 29.1 Å². The highest BCUT2D eigenvalue weighted by molar-refractivity contribution is 5.89. The molecule has 0 atom stereocenters. The largest absolute Gasteiger partial charge is 0.478 e. The Morgan fingerprint density at radius 2 is 2.12 bits per heavy atom. The number of alkyl halides is 3. The lowest BCUT2D eigenvalue weighted by atomic mass is 10.0. The molecule has 0 fully saturated rings. The lowest BCUT2D eigenvalue weighted by Crippen LogP contribution is -2.12. The topological polar surface area (TPSA) is 50.2 Å². The maximum Gasteiger partial charge on any atom is 0.433 e. The molecule has 0 aromatic carbocycles. The number of carboxylic acids is 1. The SMILES string of the molecule is CCCc1cc(C(F)(F)F)ncc1C(=O)O. The van der Waals surface area contributed by atoms with Crippen molar-refractivity contribution in [1.82, 2.24) is 4.98 Å². The Balaban J connectivity index is 3.22. The van der Waals surface area contributed by atoms with Crippen LogP contribution < -0.4 is 0 Å². The smallest absolute Gasteiger partial charge is 0.433 e. The van der Waals surface area contributed by atoms with Crippen LogP contribution in [0.15, 0.2) is 12.3 Å². The van der Waals surface area contributed by atoms with Crippen LogP contribution in [0.4, 0.5) is 13.2 Å². The Bertz CT molecular complexity index is 402.